The number of aromatic nitrogens is 1. The summed E-state index contributed by atoms with van der Waals surface area (Å²) < 4.78 is 28.4. The minimum atomic E-state index is -3.97. The van der Waals surface area contributed by atoms with E-state index >= 15 is 0 Å². The van der Waals surface area contributed by atoms with Crippen molar-refractivity contribution in [3.8, 4) is 0 Å². The van der Waals surface area contributed by atoms with Crippen molar-refractivity contribution in [2.45, 2.75) is 44.6 Å². The molecule has 0 radical (unpaired) electrons. The molecule has 31 heavy (non-hydrogen) atoms. The standard InChI is InChI=1S/C21H27ClN4O4S/c1-14-19(21(28)26-11-5-6-12-26)20(15(2)25-14)31(29,30)24-10-9-18(27)23-13-16-7-3-4-8-17(16)22/h3-4,7-8,24-25H,5-6,9-13H2,1-2H3,(H,23,27). The molecule has 0 unspecified atom stereocenters. The summed E-state index contributed by atoms with van der Waals surface area (Å²) >= 11 is 6.07. The molecule has 1 aromatic carbocycles. The molecule has 0 aliphatic carbocycles. The van der Waals surface area contributed by atoms with E-state index in [2.05, 4.69) is 15.0 Å². The van der Waals surface area contributed by atoms with Crippen LogP contribution in [-0.2, 0) is 21.4 Å². The van der Waals surface area contributed by atoms with E-state index in [0.29, 0.717) is 29.5 Å². The molecule has 3 rings (SSSR count). The van der Waals surface area contributed by atoms with E-state index in [1.165, 1.54) is 0 Å². The Morgan fingerprint density at radius 2 is 1.81 bits per heavy atom. The average Bonchev–Trinajstić information content (AvgIpc) is 3.34. The molecular formula is C21H27ClN4O4S. The molecule has 2 aromatic rings. The summed E-state index contributed by atoms with van der Waals surface area (Å²) in [5.41, 5.74) is 1.87. The van der Waals surface area contributed by atoms with Crippen molar-refractivity contribution in [2.75, 3.05) is 19.6 Å². The second-order valence-corrected chi connectivity index (χ2v) is 9.71. The minimum absolute atomic E-state index is 0.0401. The van der Waals surface area contributed by atoms with Crippen molar-refractivity contribution in [3.63, 3.8) is 0 Å². The third kappa shape index (κ3) is 5.47. The van der Waals surface area contributed by atoms with Crippen molar-refractivity contribution in [1.29, 1.82) is 0 Å². The van der Waals surface area contributed by atoms with Gasteiger partial charge >= 0.3 is 0 Å². The molecule has 1 aromatic heterocycles. The van der Waals surface area contributed by atoms with E-state index in [9.17, 15) is 18.0 Å². The van der Waals surface area contributed by atoms with Crippen molar-refractivity contribution >= 4 is 33.4 Å². The van der Waals surface area contributed by atoms with Gasteiger partial charge in [-0.25, -0.2) is 13.1 Å². The lowest BCUT2D eigenvalue weighted by Crippen LogP contribution is -2.33. The van der Waals surface area contributed by atoms with Crippen molar-refractivity contribution in [3.05, 3.63) is 51.8 Å². The number of benzene rings is 1. The summed E-state index contributed by atoms with van der Waals surface area (Å²) in [6, 6.07) is 7.17. The molecule has 1 aliphatic heterocycles. The second kappa shape index (κ2) is 9.84. The van der Waals surface area contributed by atoms with Crippen LogP contribution in [0.1, 0.15) is 46.6 Å². The highest BCUT2D eigenvalue weighted by Crippen LogP contribution is 2.26. The zero-order valence-corrected chi connectivity index (χ0v) is 19.2. The van der Waals surface area contributed by atoms with Gasteiger partial charge in [-0.2, -0.15) is 0 Å². The first-order chi connectivity index (χ1) is 14.7. The molecule has 10 heteroatoms. The zero-order chi connectivity index (χ0) is 22.6. The molecule has 0 bridgehead atoms. The SMILES string of the molecule is Cc1[nH]c(C)c(S(=O)(=O)NCCC(=O)NCc2ccccc2Cl)c1C(=O)N1CCCC1. The lowest BCUT2D eigenvalue weighted by Gasteiger charge is -2.17. The first-order valence-corrected chi connectivity index (χ1v) is 12.0. The maximum atomic E-state index is 13.0. The Kier molecular flexibility index (Phi) is 7.40. The number of rotatable bonds is 8. The van der Waals surface area contributed by atoms with Crippen molar-refractivity contribution < 1.29 is 18.0 Å². The molecule has 1 saturated heterocycles. The first kappa shape index (κ1) is 23.3. The Balaban J connectivity index is 1.62. The van der Waals surface area contributed by atoms with E-state index in [-0.39, 0.29) is 41.8 Å². The van der Waals surface area contributed by atoms with Crippen LogP contribution in [0, 0.1) is 13.8 Å². The summed E-state index contributed by atoms with van der Waals surface area (Å²) in [5, 5.41) is 3.28. The Bertz CT molecular complexity index is 1080. The van der Waals surface area contributed by atoms with Crippen LogP contribution in [0.15, 0.2) is 29.2 Å². The molecule has 2 amide bonds. The number of carbonyl (C=O) groups is 2. The number of aryl methyl sites for hydroxylation is 2. The number of H-pyrrole nitrogens is 1. The number of aromatic amines is 1. The van der Waals surface area contributed by atoms with Crippen LogP contribution in [0.3, 0.4) is 0 Å². The lowest BCUT2D eigenvalue weighted by atomic mass is 10.2. The van der Waals surface area contributed by atoms with Gasteiger partial charge in [-0.1, -0.05) is 29.8 Å². The zero-order valence-electron chi connectivity index (χ0n) is 17.6. The molecule has 1 aliphatic rings. The van der Waals surface area contributed by atoms with E-state index in [4.69, 9.17) is 11.6 Å². The number of carbonyl (C=O) groups excluding carboxylic acids is 2. The van der Waals surface area contributed by atoms with Gasteiger partial charge in [0.2, 0.25) is 15.9 Å². The number of nitrogens with one attached hydrogen (secondary N) is 3. The number of likely N-dealkylation sites (tertiary alicyclic amines) is 1. The van der Waals surface area contributed by atoms with Gasteiger partial charge < -0.3 is 15.2 Å². The van der Waals surface area contributed by atoms with Crippen LogP contribution in [0.4, 0.5) is 0 Å². The Morgan fingerprint density at radius 3 is 2.48 bits per heavy atom. The van der Waals surface area contributed by atoms with Gasteiger partial charge in [0.25, 0.3) is 5.91 Å². The topological polar surface area (TPSA) is 111 Å². The Hall–Kier alpha value is -2.36. The van der Waals surface area contributed by atoms with Crippen LogP contribution < -0.4 is 10.0 Å². The van der Waals surface area contributed by atoms with Gasteiger partial charge in [0, 0.05) is 49.0 Å². The summed E-state index contributed by atoms with van der Waals surface area (Å²) in [5.74, 6) is -0.588. The summed E-state index contributed by atoms with van der Waals surface area (Å²) in [4.78, 5) is 29.6. The maximum Gasteiger partial charge on any atom is 0.257 e. The summed E-state index contributed by atoms with van der Waals surface area (Å²) in [6.07, 6.45) is 1.79. The van der Waals surface area contributed by atoms with E-state index < -0.39 is 10.0 Å². The molecule has 168 valence electrons. The van der Waals surface area contributed by atoms with E-state index in [1.54, 1.807) is 36.9 Å². The normalized spacial score (nSPS) is 14.1. The van der Waals surface area contributed by atoms with Crippen molar-refractivity contribution in [2.24, 2.45) is 0 Å². The lowest BCUT2D eigenvalue weighted by molar-refractivity contribution is -0.121. The number of sulfonamides is 1. The predicted octanol–water partition coefficient (Wildman–Crippen LogP) is 2.51. The highest BCUT2D eigenvalue weighted by atomic mass is 35.5. The fourth-order valence-electron chi connectivity index (χ4n) is 3.73. The summed E-state index contributed by atoms with van der Waals surface area (Å²) in [7, 11) is -3.97. The molecule has 8 nitrogen and oxygen atoms in total. The van der Waals surface area contributed by atoms with Gasteiger partial charge in [-0.3, -0.25) is 9.59 Å². The van der Waals surface area contributed by atoms with Crippen LogP contribution in [0.25, 0.3) is 0 Å². The van der Waals surface area contributed by atoms with Gasteiger partial charge in [-0.15, -0.1) is 0 Å². The summed E-state index contributed by atoms with van der Waals surface area (Å²) in [6.45, 7) is 4.74. The number of halogens is 1. The number of hydrogen-bond donors (Lipinski definition) is 3. The fourth-order valence-corrected chi connectivity index (χ4v) is 5.41. The van der Waals surface area contributed by atoms with E-state index in [1.807, 2.05) is 6.07 Å². The number of nitrogens with zero attached hydrogens (tertiary/aromatic N) is 1. The fraction of sp³-hybridized carbons (Fsp3) is 0.429. The van der Waals surface area contributed by atoms with Gasteiger partial charge in [0.05, 0.1) is 5.56 Å². The smallest absolute Gasteiger partial charge is 0.257 e. The quantitative estimate of drug-likeness (QED) is 0.555. The highest BCUT2D eigenvalue weighted by molar-refractivity contribution is 7.89. The van der Waals surface area contributed by atoms with Crippen LogP contribution >= 0.6 is 11.6 Å². The Morgan fingerprint density at radius 1 is 1.13 bits per heavy atom. The van der Waals surface area contributed by atoms with Crippen LogP contribution in [0.2, 0.25) is 5.02 Å². The predicted molar refractivity (Wildman–Crippen MR) is 119 cm³/mol. The molecule has 2 heterocycles. The van der Waals surface area contributed by atoms with E-state index in [0.717, 1.165) is 18.4 Å². The largest absolute Gasteiger partial charge is 0.361 e. The Labute approximate surface area is 187 Å². The average molecular weight is 467 g/mol. The second-order valence-electron chi connectivity index (χ2n) is 7.59. The number of hydrogen-bond acceptors (Lipinski definition) is 4. The van der Waals surface area contributed by atoms with Gasteiger partial charge in [-0.05, 0) is 38.3 Å². The van der Waals surface area contributed by atoms with Gasteiger partial charge in [0.1, 0.15) is 4.90 Å². The van der Waals surface area contributed by atoms with Gasteiger partial charge in [0.15, 0.2) is 0 Å². The maximum absolute atomic E-state index is 13.0. The molecule has 0 saturated carbocycles. The molecule has 0 spiro atoms. The third-order valence-corrected chi connectivity index (χ3v) is 7.27. The molecular weight excluding hydrogens is 440 g/mol. The number of amides is 2. The first-order valence-electron chi connectivity index (χ1n) is 10.2. The molecule has 0 atom stereocenters. The third-order valence-electron chi connectivity index (χ3n) is 5.27. The van der Waals surface area contributed by atoms with Crippen LogP contribution in [-0.4, -0.2) is 49.8 Å². The molecule has 3 N–H and O–H groups in total. The molecule has 1 fully saturated rings. The monoisotopic (exact) mass is 466 g/mol. The van der Waals surface area contributed by atoms with Crippen LogP contribution in [0.5, 0.6) is 0 Å². The highest BCUT2D eigenvalue weighted by Gasteiger charge is 2.32. The minimum Gasteiger partial charge on any atom is -0.361 e. The van der Waals surface area contributed by atoms with Crippen molar-refractivity contribution in [1.82, 2.24) is 19.9 Å².